The van der Waals surface area contributed by atoms with E-state index in [-0.39, 0.29) is 17.0 Å². The van der Waals surface area contributed by atoms with E-state index in [1.165, 1.54) is 19.2 Å². The van der Waals surface area contributed by atoms with Gasteiger partial charge in [0.2, 0.25) is 0 Å². The second-order valence-corrected chi connectivity index (χ2v) is 3.53. The summed E-state index contributed by atoms with van der Waals surface area (Å²) in [6.45, 7) is 0. The van der Waals surface area contributed by atoms with Crippen LogP contribution in [-0.4, -0.2) is 36.0 Å². The van der Waals surface area contributed by atoms with Crippen LogP contribution in [0, 0.1) is 10.1 Å². The van der Waals surface area contributed by atoms with E-state index in [4.69, 9.17) is 4.74 Å². The number of methoxy groups -OCH3 is 2. The van der Waals surface area contributed by atoms with Crippen LogP contribution < -0.4 is 4.74 Å². The lowest BCUT2D eigenvalue weighted by Gasteiger charge is -2.04. The van der Waals surface area contributed by atoms with Gasteiger partial charge in [-0.05, 0) is 12.1 Å². The van der Waals surface area contributed by atoms with Gasteiger partial charge in [-0.15, -0.1) is 0 Å². The van der Waals surface area contributed by atoms with Crippen molar-refractivity contribution >= 4 is 23.2 Å². The van der Waals surface area contributed by atoms with E-state index in [2.05, 4.69) is 4.74 Å². The third-order valence-electron chi connectivity index (χ3n) is 2.33. The summed E-state index contributed by atoms with van der Waals surface area (Å²) in [6, 6.07) is 3.59. The molecule has 1 aromatic carbocycles. The maximum atomic E-state index is 11.2. The number of aliphatic hydroxyl groups excluding tert-OH is 1. The highest BCUT2D eigenvalue weighted by Gasteiger charge is 2.18. The van der Waals surface area contributed by atoms with Crippen LogP contribution in [-0.2, 0) is 14.3 Å². The third-order valence-corrected chi connectivity index (χ3v) is 2.33. The van der Waals surface area contributed by atoms with E-state index in [0.717, 1.165) is 13.2 Å². The maximum absolute atomic E-state index is 11.2. The Morgan fingerprint density at radius 3 is 2.50 bits per heavy atom. The van der Waals surface area contributed by atoms with Crippen molar-refractivity contribution in [3.63, 3.8) is 0 Å². The van der Waals surface area contributed by atoms with Gasteiger partial charge in [-0.3, -0.25) is 14.9 Å². The van der Waals surface area contributed by atoms with Gasteiger partial charge in [-0.2, -0.15) is 0 Å². The summed E-state index contributed by atoms with van der Waals surface area (Å²) in [5, 5.41) is 20.5. The molecule has 1 aromatic rings. The lowest BCUT2D eigenvalue weighted by Crippen LogP contribution is -2.13. The molecule has 0 bridgehead atoms. The molecule has 0 spiro atoms. The van der Waals surface area contributed by atoms with E-state index in [0.29, 0.717) is 6.08 Å². The molecule has 0 radical (unpaired) electrons. The molecule has 0 atom stereocenters. The number of ketones is 1. The Labute approximate surface area is 113 Å². The summed E-state index contributed by atoms with van der Waals surface area (Å²) < 4.78 is 8.97. The number of esters is 1. The lowest BCUT2D eigenvalue weighted by molar-refractivity contribution is -0.385. The fourth-order valence-corrected chi connectivity index (χ4v) is 1.36. The molecular formula is C12H11NO7. The Kier molecular flexibility index (Phi) is 4.79. The zero-order valence-electron chi connectivity index (χ0n) is 10.7. The smallest absolute Gasteiger partial charge is 0.378 e. The van der Waals surface area contributed by atoms with Crippen molar-refractivity contribution < 1.29 is 29.1 Å². The predicted octanol–water partition coefficient (Wildman–Crippen LogP) is 1.24. The molecule has 0 saturated heterocycles. The summed E-state index contributed by atoms with van der Waals surface area (Å²) in [7, 11) is 2.28. The normalized spacial score (nSPS) is 10.8. The number of carbonyl (C=O) groups is 2. The minimum atomic E-state index is -1.15. The Hall–Kier alpha value is -2.90. The van der Waals surface area contributed by atoms with Crippen LogP contribution in [0.5, 0.6) is 5.75 Å². The number of nitrogens with zero attached hydrogens (tertiary/aromatic N) is 1. The number of hydrogen-bond donors (Lipinski definition) is 1. The number of rotatable bonds is 5. The van der Waals surface area contributed by atoms with Gasteiger partial charge >= 0.3 is 11.7 Å². The number of ether oxygens (including phenoxy) is 2. The number of hydrogen-bond acceptors (Lipinski definition) is 7. The van der Waals surface area contributed by atoms with Gasteiger partial charge in [-0.25, -0.2) is 4.79 Å². The molecule has 0 aliphatic carbocycles. The molecule has 0 heterocycles. The van der Waals surface area contributed by atoms with Crippen molar-refractivity contribution in [2.45, 2.75) is 0 Å². The summed E-state index contributed by atoms with van der Waals surface area (Å²) in [6.07, 6.45) is 0.622. The highest BCUT2D eigenvalue weighted by molar-refractivity contribution is 6.39. The molecule has 0 aliphatic heterocycles. The van der Waals surface area contributed by atoms with Gasteiger partial charge in [0.05, 0.1) is 19.1 Å². The van der Waals surface area contributed by atoms with Crippen LogP contribution in [0.4, 0.5) is 5.69 Å². The van der Waals surface area contributed by atoms with Crippen LogP contribution in [0.2, 0.25) is 0 Å². The highest BCUT2D eigenvalue weighted by Crippen LogP contribution is 2.29. The van der Waals surface area contributed by atoms with Crippen LogP contribution in [0.3, 0.4) is 0 Å². The monoisotopic (exact) mass is 281 g/mol. The number of nitro benzene ring substituents is 1. The quantitative estimate of drug-likeness (QED) is 0.215. The zero-order valence-corrected chi connectivity index (χ0v) is 10.7. The Morgan fingerprint density at radius 2 is 2.00 bits per heavy atom. The summed E-state index contributed by atoms with van der Waals surface area (Å²) in [5.74, 6) is -2.82. The van der Waals surface area contributed by atoms with E-state index < -0.39 is 22.4 Å². The second kappa shape index (κ2) is 6.32. The van der Waals surface area contributed by atoms with Gasteiger partial charge < -0.3 is 14.6 Å². The van der Waals surface area contributed by atoms with Gasteiger partial charge in [0.25, 0.3) is 5.78 Å². The molecule has 1 rings (SSSR count). The highest BCUT2D eigenvalue weighted by atomic mass is 16.6. The van der Waals surface area contributed by atoms with Crippen LogP contribution >= 0.6 is 0 Å². The Morgan fingerprint density at radius 1 is 1.35 bits per heavy atom. The first kappa shape index (κ1) is 15.2. The molecular weight excluding hydrogens is 270 g/mol. The van der Waals surface area contributed by atoms with Crippen molar-refractivity contribution in [1.82, 2.24) is 0 Å². The molecule has 0 saturated carbocycles. The minimum Gasteiger partial charge on any atom is -0.507 e. The topological polar surface area (TPSA) is 116 Å². The fraction of sp³-hybridized carbons (Fsp3) is 0.167. The number of aliphatic hydroxyl groups is 1. The Bertz CT molecular complexity index is 591. The summed E-state index contributed by atoms with van der Waals surface area (Å²) >= 11 is 0. The fourth-order valence-electron chi connectivity index (χ4n) is 1.36. The van der Waals surface area contributed by atoms with Crippen molar-refractivity contribution in [2.24, 2.45) is 0 Å². The van der Waals surface area contributed by atoms with E-state index in [1.54, 1.807) is 0 Å². The van der Waals surface area contributed by atoms with Crippen molar-refractivity contribution in [3.8, 4) is 5.75 Å². The third kappa shape index (κ3) is 3.31. The summed E-state index contributed by atoms with van der Waals surface area (Å²) in [5.41, 5.74) is -0.384. The molecule has 8 nitrogen and oxygen atoms in total. The molecule has 0 amide bonds. The minimum absolute atomic E-state index is 0.00486. The molecule has 106 valence electrons. The number of nitro groups is 1. The Balaban J connectivity index is 3.17. The molecule has 1 N–H and O–H groups in total. The van der Waals surface area contributed by atoms with Crippen LogP contribution in [0.1, 0.15) is 5.56 Å². The first-order valence-electron chi connectivity index (χ1n) is 5.26. The second-order valence-electron chi connectivity index (χ2n) is 3.53. The van der Waals surface area contributed by atoms with Gasteiger partial charge in [0, 0.05) is 17.7 Å². The van der Waals surface area contributed by atoms with Gasteiger partial charge in [-0.1, -0.05) is 0 Å². The van der Waals surface area contributed by atoms with Crippen LogP contribution in [0.15, 0.2) is 24.3 Å². The van der Waals surface area contributed by atoms with Gasteiger partial charge in [0.15, 0.2) is 5.75 Å². The first-order chi connectivity index (χ1) is 9.40. The SMILES string of the molecule is COC(=O)C(=O)C=C(O)c1ccc(OC)c([N+](=O)[O-])c1. The zero-order chi connectivity index (χ0) is 15.3. The summed E-state index contributed by atoms with van der Waals surface area (Å²) in [4.78, 5) is 32.2. The molecule has 0 aromatic heterocycles. The van der Waals surface area contributed by atoms with Gasteiger partial charge in [0.1, 0.15) is 5.76 Å². The van der Waals surface area contributed by atoms with E-state index in [1.807, 2.05) is 0 Å². The molecule has 0 fully saturated rings. The van der Waals surface area contributed by atoms with E-state index >= 15 is 0 Å². The predicted molar refractivity (Wildman–Crippen MR) is 67.3 cm³/mol. The largest absolute Gasteiger partial charge is 0.507 e. The molecule has 0 aliphatic rings. The standard InChI is InChI=1S/C12H11NO7/c1-19-11-4-3-7(5-8(11)13(17)18)9(14)6-10(15)12(16)20-2/h3-6,14H,1-2H3. The first-order valence-corrected chi connectivity index (χ1v) is 5.26. The number of carbonyl (C=O) groups excluding carboxylic acids is 2. The van der Waals surface area contributed by atoms with E-state index in [9.17, 15) is 24.8 Å². The maximum Gasteiger partial charge on any atom is 0.378 e. The average molecular weight is 281 g/mol. The molecule has 8 heteroatoms. The average Bonchev–Trinajstić information content (AvgIpc) is 2.45. The van der Waals surface area contributed by atoms with Crippen LogP contribution in [0.25, 0.3) is 5.76 Å². The van der Waals surface area contributed by atoms with Crippen molar-refractivity contribution in [2.75, 3.05) is 14.2 Å². The molecule has 0 unspecified atom stereocenters. The lowest BCUT2D eigenvalue weighted by atomic mass is 10.1. The van der Waals surface area contributed by atoms with Crippen molar-refractivity contribution in [1.29, 1.82) is 0 Å². The number of benzene rings is 1. The molecule has 20 heavy (non-hydrogen) atoms. The van der Waals surface area contributed by atoms with Crippen molar-refractivity contribution in [3.05, 3.63) is 40.0 Å².